The molecule has 0 heterocycles. The van der Waals surface area contributed by atoms with Crippen LogP contribution in [0.15, 0.2) is 24.3 Å². The van der Waals surface area contributed by atoms with E-state index in [9.17, 15) is 4.79 Å². The molecule has 2 nitrogen and oxygen atoms in total. The van der Waals surface area contributed by atoms with Crippen LogP contribution >= 0.6 is 0 Å². The quantitative estimate of drug-likeness (QED) is 0.750. The lowest BCUT2D eigenvalue weighted by atomic mass is 9.83. The van der Waals surface area contributed by atoms with Crippen molar-refractivity contribution in [3.05, 3.63) is 35.4 Å². The van der Waals surface area contributed by atoms with Crippen LogP contribution in [0.2, 0.25) is 0 Å². The zero-order valence-electron chi connectivity index (χ0n) is 12.0. The third-order valence-corrected chi connectivity index (χ3v) is 4.28. The Morgan fingerprint density at radius 2 is 1.84 bits per heavy atom. The monoisotopic (exact) mass is 260 g/mol. The first-order valence-corrected chi connectivity index (χ1v) is 7.37. The summed E-state index contributed by atoms with van der Waals surface area (Å²) < 4.78 is 4.72. The lowest BCUT2D eigenvalue weighted by molar-refractivity contribution is -0.140. The molecule has 0 spiro atoms. The first kappa shape index (κ1) is 14.1. The van der Waals surface area contributed by atoms with E-state index in [-0.39, 0.29) is 11.9 Å². The van der Waals surface area contributed by atoms with Crippen molar-refractivity contribution in [3.63, 3.8) is 0 Å². The van der Waals surface area contributed by atoms with Crippen molar-refractivity contribution < 1.29 is 9.53 Å². The molecule has 0 aliphatic heterocycles. The van der Waals surface area contributed by atoms with Crippen LogP contribution in [0, 0.1) is 0 Å². The van der Waals surface area contributed by atoms with Crippen molar-refractivity contribution in [1.29, 1.82) is 0 Å². The molecule has 0 N–H and O–H groups in total. The summed E-state index contributed by atoms with van der Waals surface area (Å²) in [6, 6.07) is 8.85. The number of carbonyl (C=O) groups excluding carboxylic acids is 1. The predicted octanol–water partition coefficient (Wildman–Crippen LogP) is 4.40. The molecule has 0 saturated heterocycles. The standard InChI is InChI=1S/C17H24O2/c1-13(12-17(18)19-2)14-8-10-16(11-9-14)15-6-4-3-5-7-15/h8-11,13,15H,3-7,12H2,1-2H3. The van der Waals surface area contributed by atoms with Crippen LogP contribution in [0.1, 0.15) is 68.4 Å². The topological polar surface area (TPSA) is 26.3 Å². The minimum Gasteiger partial charge on any atom is -0.469 e. The van der Waals surface area contributed by atoms with Gasteiger partial charge in [0.25, 0.3) is 0 Å². The molecular formula is C17H24O2. The maximum absolute atomic E-state index is 11.3. The highest BCUT2D eigenvalue weighted by molar-refractivity contribution is 5.70. The maximum Gasteiger partial charge on any atom is 0.306 e. The normalized spacial score (nSPS) is 18.0. The lowest BCUT2D eigenvalue weighted by Gasteiger charge is -2.22. The zero-order chi connectivity index (χ0) is 13.7. The van der Waals surface area contributed by atoms with E-state index in [1.807, 2.05) is 0 Å². The average molecular weight is 260 g/mol. The summed E-state index contributed by atoms with van der Waals surface area (Å²) in [5, 5.41) is 0. The molecule has 0 amide bonds. The molecule has 2 heteroatoms. The van der Waals surface area contributed by atoms with Gasteiger partial charge in [0.2, 0.25) is 0 Å². The summed E-state index contributed by atoms with van der Waals surface area (Å²) in [5.74, 6) is 0.843. The molecule has 0 radical (unpaired) electrons. The van der Waals surface area contributed by atoms with Gasteiger partial charge in [-0.2, -0.15) is 0 Å². The molecule has 1 aromatic carbocycles. The molecule has 104 valence electrons. The lowest BCUT2D eigenvalue weighted by Crippen LogP contribution is -2.07. The SMILES string of the molecule is COC(=O)CC(C)c1ccc(C2CCCCC2)cc1. The Hall–Kier alpha value is -1.31. The largest absolute Gasteiger partial charge is 0.469 e. The van der Waals surface area contributed by atoms with Gasteiger partial charge >= 0.3 is 5.97 Å². The van der Waals surface area contributed by atoms with Crippen LogP contribution in [0.3, 0.4) is 0 Å². The maximum atomic E-state index is 11.3. The van der Waals surface area contributed by atoms with Crippen LogP contribution in [-0.2, 0) is 9.53 Å². The number of hydrogen-bond acceptors (Lipinski definition) is 2. The molecule has 1 fully saturated rings. The molecule has 1 aliphatic rings. The Bertz CT molecular complexity index is 402. The number of benzene rings is 1. The van der Waals surface area contributed by atoms with Crippen molar-refractivity contribution in [2.24, 2.45) is 0 Å². The summed E-state index contributed by atoms with van der Waals surface area (Å²) in [6.45, 7) is 2.08. The Kier molecular flexibility index (Phi) is 5.00. The molecule has 0 bridgehead atoms. The van der Waals surface area contributed by atoms with Gasteiger partial charge < -0.3 is 4.74 Å². The zero-order valence-corrected chi connectivity index (χ0v) is 12.0. The van der Waals surface area contributed by atoms with E-state index in [2.05, 4.69) is 31.2 Å². The van der Waals surface area contributed by atoms with Gasteiger partial charge in [-0.1, -0.05) is 50.5 Å². The molecule has 1 saturated carbocycles. The van der Waals surface area contributed by atoms with Gasteiger partial charge in [-0.15, -0.1) is 0 Å². The summed E-state index contributed by atoms with van der Waals surface area (Å²) in [6.07, 6.45) is 7.24. The Morgan fingerprint density at radius 3 is 2.42 bits per heavy atom. The third-order valence-electron chi connectivity index (χ3n) is 4.28. The van der Waals surface area contributed by atoms with Crippen molar-refractivity contribution in [2.45, 2.75) is 57.3 Å². The van der Waals surface area contributed by atoms with Gasteiger partial charge in [0.15, 0.2) is 0 Å². The van der Waals surface area contributed by atoms with E-state index in [4.69, 9.17) is 4.74 Å². The average Bonchev–Trinajstić information content (AvgIpc) is 2.48. The summed E-state index contributed by atoms with van der Waals surface area (Å²) in [5.41, 5.74) is 2.69. The van der Waals surface area contributed by atoms with Crippen LogP contribution in [0.4, 0.5) is 0 Å². The fourth-order valence-electron chi connectivity index (χ4n) is 2.98. The smallest absolute Gasteiger partial charge is 0.306 e. The molecule has 2 rings (SSSR count). The van der Waals surface area contributed by atoms with Crippen LogP contribution in [-0.4, -0.2) is 13.1 Å². The molecule has 0 aromatic heterocycles. The first-order chi connectivity index (χ1) is 9.20. The number of esters is 1. The van der Waals surface area contributed by atoms with Crippen molar-refractivity contribution >= 4 is 5.97 Å². The van der Waals surface area contributed by atoms with Crippen LogP contribution < -0.4 is 0 Å². The van der Waals surface area contributed by atoms with Crippen LogP contribution in [0.5, 0.6) is 0 Å². The number of hydrogen-bond donors (Lipinski definition) is 0. The molecule has 1 aliphatic carbocycles. The summed E-state index contributed by atoms with van der Waals surface area (Å²) >= 11 is 0. The van der Waals surface area contributed by atoms with Gasteiger partial charge in [0.1, 0.15) is 0 Å². The molecule has 1 unspecified atom stereocenters. The van der Waals surface area contributed by atoms with Gasteiger partial charge in [0, 0.05) is 0 Å². The van der Waals surface area contributed by atoms with E-state index in [0.29, 0.717) is 6.42 Å². The van der Waals surface area contributed by atoms with E-state index in [1.165, 1.54) is 50.3 Å². The highest BCUT2D eigenvalue weighted by Crippen LogP contribution is 2.33. The van der Waals surface area contributed by atoms with Crippen molar-refractivity contribution in [3.8, 4) is 0 Å². The van der Waals surface area contributed by atoms with E-state index < -0.39 is 0 Å². The minimum absolute atomic E-state index is 0.135. The third kappa shape index (κ3) is 3.82. The second-order valence-corrected chi connectivity index (χ2v) is 5.68. The fraction of sp³-hybridized carbons (Fsp3) is 0.588. The number of methoxy groups -OCH3 is 1. The molecule has 1 aromatic rings. The predicted molar refractivity (Wildman–Crippen MR) is 77.3 cm³/mol. The summed E-state index contributed by atoms with van der Waals surface area (Å²) in [7, 11) is 1.45. The van der Waals surface area contributed by atoms with Gasteiger partial charge in [0.05, 0.1) is 13.5 Å². The Labute approximate surface area is 116 Å². The second-order valence-electron chi connectivity index (χ2n) is 5.68. The molecule has 19 heavy (non-hydrogen) atoms. The minimum atomic E-state index is -0.135. The number of carbonyl (C=O) groups is 1. The van der Waals surface area contributed by atoms with E-state index >= 15 is 0 Å². The first-order valence-electron chi connectivity index (χ1n) is 7.37. The Balaban J connectivity index is 1.99. The summed E-state index contributed by atoms with van der Waals surface area (Å²) in [4.78, 5) is 11.3. The highest BCUT2D eigenvalue weighted by atomic mass is 16.5. The van der Waals surface area contributed by atoms with Crippen molar-refractivity contribution in [2.75, 3.05) is 7.11 Å². The van der Waals surface area contributed by atoms with Gasteiger partial charge in [-0.3, -0.25) is 4.79 Å². The van der Waals surface area contributed by atoms with Crippen LogP contribution in [0.25, 0.3) is 0 Å². The Morgan fingerprint density at radius 1 is 1.21 bits per heavy atom. The van der Waals surface area contributed by atoms with E-state index in [1.54, 1.807) is 0 Å². The second kappa shape index (κ2) is 6.74. The fourth-order valence-corrected chi connectivity index (χ4v) is 2.98. The number of rotatable bonds is 4. The van der Waals surface area contributed by atoms with Gasteiger partial charge in [-0.25, -0.2) is 0 Å². The highest BCUT2D eigenvalue weighted by Gasteiger charge is 2.16. The van der Waals surface area contributed by atoms with Gasteiger partial charge in [-0.05, 0) is 35.8 Å². The molecular weight excluding hydrogens is 236 g/mol. The van der Waals surface area contributed by atoms with E-state index in [0.717, 1.165) is 5.92 Å². The number of ether oxygens (including phenoxy) is 1. The molecule has 1 atom stereocenters. The van der Waals surface area contributed by atoms with Crippen molar-refractivity contribution in [1.82, 2.24) is 0 Å².